The average Bonchev–Trinajstić information content (AvgIpc) is 3.62. The summed E-state index contributed by atoms with van der Waals surface area (Å²) in [6, 6.07) is 70.5. The number of benzene rings is 8. The molecule has 10 rings (SSSR count). The second-order valence-corrected chi connectivity index (χ2v) is 18.2. The molecule has 8 aromatic carbocycles. The van der Waals surface area contributed by atoms with Crippen LogP contribution in [0.3, 0.4) is 0 Å². The Bertz CT molecular complexity index is 2580. The van der Waals surface area contributed by atoms with Crippen LogP contribution in [0, 0.1) is 0 Å². The van der Waals surface area contributed by atoms with Crippen molar-refractivity contribution < 1.29 is 0 Å². The summed E-state index contributed by atoms with van der Waals surface area (Å²) in [6.45, 7) is 4.75. The largest absolute Gasteiger partial charge is 0.309 e. The van der Waals surface area contributed by atoms with Crippen LogP contribution in [0.4, 0.5) is 17.1 Å². The fourth-order valence-corrected chi connectivity index (χ4v) is 14.5. The highest BCUT2D eigenvalue weighted by Crippen LogP contribution is 2.52. The summed E-state index contributed by atoms with van der Waals surface area (Å²) in [5.74, 6) is 0. The van der Waals surface area contributed by atoms with Gasteiger partial charge in [-0.15, -0.1) is 0 Å². The standard InChI is InChI=1S/C49H37NSi/c1-49(2)42-26-13-11-24-39(42)40-32-31-35(33-43(40)49)50(44-27-15-18-34-17-9-10-23-38(34)44)45-28-16-30-47-48(45)41-25-12-14-29-46(41)51(47,36-19-5-3-6-20-36)37-21-7-4-8-22-37/h3-33H,1-2H3. The third-order valence-electron chi connectivity index (χ3n) is 11.5. The van der Waals surface area contributed by atoms with Crippen LogP contribution >= 0.6 is 0 Å². The van der Waals surface area contributed by atoms with Crippen molar-refractivity contribution in [1.82, 2.24) is 0 Å². The molecular formula is C49H37NSi. The fraction of sp³-hybridized carbons (Fsp3) is 0.0612. The lowest BCUT2D eigenvalue weighted by molar-refractivity contribution is 0.660. The van der Waals surface area contributed by atoms with Gasteiger partial charge in [0.15, 0.2) is 8.07 Å². The molecule has 0 N–H and O–H groups in total. The molecule has 1 heterocycles. The van der Waals surface area contributed by atoms with E-state index in [9.17, 15) is 0 Å². The summed E-state index contributed by atoms with van der Waals surface area (Å²) in [5, 5.41) is 8.19. The maximum Gasteiger partial charge on any atom is 0.180 e. The summed E-state index contributed by atoms with van der Waals surface area (Å²) in [5.41, 5.74) is 11.6. The van der Waals surface area contributed by atoms with Crippen LogP contribution < -0.4 is 25.6 Å². The molecule has 1 nitrogen and oxygen atoms in total. The van der Waals surface area contributed by atoms with Crippen molar-refractivity contribution in [1.29, 1.82) is 0 Å². The minimum absolute atomic E-state index is 0.111. The first-order chi connectivity index (χ1) is 25.1. The highest BCUT2D eigenvalue weighted by Gasteiger charge is 2.49. The molecule has 0 fully saturated rings. The molecule has 0 saturated heterocycles. The average molecular weight is 668 g/mol. The Morgan fingerprint density at radius 1 is 0.431 bits per heavy atom. The van der Waals surface area contributed by atoms with Gasteiger partial charge >= 0.3 is 0 Å². The van der Waals surface area contributed by atoms with Crippen LogP contribution in [0.1, 0.15) is 25.0 Å². The molecule has 2 aliphatic rings. The zero-order valence-corrected chi connectivity index (χ0v) is 29.8. The van der Waals surface area contributed by atoms with E-state index >= 15 is 0 Å². The summed E-state index contributed by atoms with van der Waals surface area (Å²) in [6.07, 6.45) is 0. The molecule has 0 unspecified atom stereocenters. The van der Waals surface area contributed by atoms with E-state index in [0.29, 0.717) is 0 Å². The Morgan fingerprint density at radius 2 is 1.00 bits per heavy atom. The quantitative estimate of drug-likeness (QED) is 0.165. The Labute approximate surface area is 301 Å². The lowest BCUT2D eigenvalue weighted by Crippen LogP contribution is -2.72. The van der Waals surface area contributed by atoms with E-state index in [1.807, 2.05) is 0 Å². The van der Waals surface area contributed by atoms with Gasteiger partial charge in [0.05, 0.1) is 11.4 Å². The normalized spacial score (nSPS) is 14.4. The Hall–Kier alpha value is -5.96. The van der Waals surface area contributed by atoms with Gasteiger partial charge in [-0.3, -0.25) is 0 Å². The molecule has 1 aliphatic heterocycles. The zero-order valence-electron chi connectivity index (χ0n) is 28.8. The molecule has 242 valence electrons. The van der Waals surface area contributed by atoms with Crippen molar-refractivity contribution in [2.75, 3.05) is 4.90 Å². The molecule has 0 bridgehead atoms. The molecule has 0 radical (unpaired) electrons. The number of nitrogens with zero attached hydrogens (tertiary/aromatic N) is 1. The van der Waals surface area contributed by atoms with E-state index in [2.05, 4.69) is 207 Å². The number of hydrogen-bond donors (Lipinski definition) is 0. The van der Waals surface area contributed by atoms with Gasteiger partial charge in [0.2, 0.25) is 0 Å². The van der Waals surface area contributed by atoms with E-state index < -0.39 is 8.07 Å². The highest BCUT2D eigenvalue weighted by atomic mass is 28.3. The summed E-state index contributed by atoms with van der Waals surface area (Å²) in [4.78, 5) is 2.55. The van der Waals surface area contributed by atoms with Gasteiger partial charge in [-0.2, -0.15) is 0 Å². The van der Waals surface area contributed by atoms with Gasteiger partial charge in [-0.05, 0) is 78.2 Å². The Balaban J connectivity index is 1.30. The molecule has 0 saturated carbocycles. The summed E-state index contributed by atoms with van der Waals surface area (Å²) < 4.78 is 0. The van der Waals surface area contributed by atoms with E-state index in [1.165, 1.54) is 82.0 Å². The van der Waals surface area contributed by atoms with Crippen LogP contribution in [0.5, 0.6) is 0 Å². The predicted molar refractivity (Wildman–Crippen MR) is 219 cm³/mol. The molecule has 8 aromatic rings. The van der Waals surface area contributed by atoms with Crippen LogP contribution in [0.15, 0.2) is 188 Å². The van der Waals surface area contributed by atoms with E-state index in [-0.39, 0.29) is 5.41 Å². The van der Waals surface area contributed by atoms with Gasteiger partial charge in [0, 0.05) is 22.1 Å². The monoisotopic (exact) mass is 667 g/mol. The van der Waals surface area contributed by atoms with E-state index in [0.717, 1.165) is 0 Å². The molecular weight excluding hydrogens is 631 g/mol. The zero-order chi connectivity index (χ0) is 34.2. The minimum atomic E-state index is -2.67. The van der Waals surface area contributed by atoms with Crippen molar-refractivity contribution in [3.8, 4) is 22.3 Å². The Morgan fingerprint density at radius 3 is 1.78 bits per heavy atom. The molecule has 51 heavy (non-hydrogen) atoms. The lowest BCUT2D eigenvalue weighted by Gasteiger charge is -2.33. The van der Waals surface area contributed by atoms with E-state index in [4.69, 9.17) is 0 Å². The summed E-state index contributed by atoms with van der Waals surface area (Å²) in [7, 11) is -2.67. The van der Waals surface area contributed by atoms with Crippen LogP contribution in [-0.2, 0) is 5.41 Å². The van der Waals surface area contributed by atoms with Crippen molar-refractivity contribution >= 4 is 56.7 Å². The van der Waals surface area contributed by atoms with Gasteiger partial charge in [0.1, 0.15) is 0 Å². The SMILES string of the molecule is CC1(C)c2ccccc2-c2ccc(N(c3cccc4c3-c3ccccc3[Si]4(c3ccccc3)c3ccccc3)c3cccc4ccccc34)cc21. The highest BCUT2D eigenvalue weighted by molar-refractivity contribution is 7.22. The van der Waals surface area contributed by atoms with E-state index in [1.54, 1.807) is 0 Å². The van der Waals surface area contributed by atoms with Gasteiger partial charge < -0.3 is 4.90 Å². The first kappa shape index (κ1) is 29.9. The maximum atomic E-state index is 2.55. The molecule has 0 aromatic heterocycles. The van der Waals surface area contributed by atoms with Gasteiger partial charge in [-0.25, -0.2) is 0 Å². The van der Waals surface area contributed by atoms with Crippen molar-refractivity contribution in [3.05, 3.63) is 199 Å². The van der Waals surface area contributed by atoms with Gasteiger partial charge in [0.25, 0.3) is 0 Å². The fourth-order valence-electron chi connectivity index (χ4n) is 9.30. The second-order valence-electron chi connectivity index (χ2n) is 14.5. The number of hydrogen-bond acceptors (Lipinski definition) is 1. The third kappa shape index (κ3) is 4.20. The molecule has 2 heteroatoms. The third-order valence-corrected chi connectivity index (χ3v) is 16.4. The molecule has 1 aliphatic carbocycles. The van der Waals surface area contributed by atoms with Crippen molar-refractivity contribution in [2.24, 2.45) is 0 Å². The molecule has 0 amide bonds. The maximum absolute atomic E-state index is 2.67. The van der Waals surface area contributed by atoms with Crippen LogP contribution in [-0.4, -0.2) is 8.07 Å². The van der Waals surface area contributed by atoms with Crippen LogP contribution in [0.25, 0.3) is 33.0 Å². The summed E-state index contributed by atoms with van der Waals surface area (Å²) >= 11 is 0. The van der Waals surface area contributed by atoms with Crippen LogP contribution in [0.2, 0.25) is 0 Å². The topological polar surface area (TPSA) is 3.24 Å². The molecule has 0 spiro atoms. The molecule has 0 atom stereocenters. The number of rotatable bonds is 5. The van der Waals surface area contributed by atoms with Crippen molar-refractivity contribution in [2.45, 2.75) is 19.3 Å². The lowest BCUT2D eigenvalue weighted by atomic mass is 9.82. The first-order valence-electron chi connectivity index (χ1n) is 18.0. The number of fused-ring (bicyclic) bond motifs is 7. The predicted octanol–water partition coefficient (Wildman–Crippen LogP) is 9.97. The van der Waals surface area contributed by atoms with Crippen molar-refractivity contribution in [3.63, 3.8) is 0 Å². The minimum Gasteiger partial charge on any atom is -0.309 e. The van der Waals surface area contributed by atoms with Gasteiger partial charge in [-0.1, -0.05) is 178 Å². The second kappa shape index (κ2) is 11.3. The number of anilines is 3. The first-order valence-corrected chi connectivity index (χ1v) is 20.0. The smallest absolute Gasteiger partial charge is 0.180 e. The Kier molecular flexibility index (Phi) is 6.62.